The molecule has 0 amide bonds. The Morgan fingerprint density at radius 3 is 1.94 bits per heavy atom. The number of benzene rings is 4. The van der Waals surface area contributed by atoms with E-state index in [1.165, 1.54) is 12.1 Å². The number of alkyl halides is 3. The molecule has 0 aliphatic carbocycles. The first-order chi connectivity index (χ1) is 17.2. The maximum Gasteiger partial charge on any atom is 0.573 e. The lowest BCUT2D eigenvalue weighted by molar-refractivity contribution is -0.274. The van der Waals surface area contributed by atoms with Crippen LogP contribution < -0.4 is 4.74 Å². The lowest BCUT2D eigenvalue weighted by Gasteiger charge is -2.11. The molecule has 0 spiro atoms. The Labute approximate surface area is 207 Å². The SMILES string of the molecule is CCCc1ccc(CCc2ccc3c(F)c(CCc4ccc(OC(F)(F)F)cc4)ccc3c2)c(F)c1. The minimum atomic E-state index is -4.73. The summed E-state index contributed by atoms with van der Waals surface area (Å²) < 4.78 is 70.4. The smallest absolute Gasteiger partial charge is 0.406 e. The van der Waals surface area contributed by atoms with Crippen LogP contribution in [0.15, 0.2) is 72.8 Å². The number of halogens is 5. The summed E-state index contributed by atoms with van der Waals surface area (Å²) in [5.41, 5.74) is 4.01. The Balaban J connectivity index is 1.40. The Morgan fingerprint density at radius 2 is 1.25 bits per heavy atom. The molecule has 0 bridgehead atoms. The van der Waals surface area contributed by atoms with Crippen LogP contribution in [-0.2, 0) is 32.1 Å². The standard InChI is InChI=1S/C30H27F5O/c1-2-3-21-5-10-23(28(31)19-21)11-6-22-9-17-27-25(18-22)14-13-24(29(27)32)12-4-20-7-15-26(16-8-20)36-30(33,34)35/h5,7-10,13-19H,2-4,6,11-12H2,1H3. The van der Waals surface area contributed by atoms with Gasteiger partial charge in [0.25, 0.3) is 0 Å². The van der Waals surface area contributed by atoms with Crippen molar-refractivity contribution in [3.8, 4) is 5.75 Å². The average molecular weight is 499 g/mol. The third-order valence-corrected chi connectivity index (χ3v) is 6.28. The molecule has 0 aliphatic heterocycles. The molecule has 0 radical (unpaired) electrons. The molecule has 1 nitrogen and oxygen atoms in total. The van der Waals surface area contributed by atoms with Gasteiger partial charge in [0.15, 0.2) is 0 Å². The van der Waals surface area contributed by atoms with E-state index in [1.807, 2.05) is 30.3 Å². The molecular formula is C30H27F5O. The van der Waals surface area contributed by atoms with E-state index in [0.29, 0.717) is 42.2 Å². The van der Waals surface area contributed by atoms with Crippen LogP contribution >= 0.6 is 0 Å². The lowest BCUT2D eigenvalue weighted by atomic mass is 9.97. The predicted octanol–water partition coefficient (Wildman–Crippen LogP) is 8.54. The van der Waals surface area contributed by atoms with Gasteiger partial charge >= 0.3 is 6.36 Å². The minimum Gasteiger partial charge on any atom is -0.406 e. The Bertz CT molecular complexity index is 1330. The van der Waals surface area contributed by atoms with Gasteiger partial charge in [-0.1, -0.05) is 67.9 Å². The predicted molar refractivity (Wildman–Crippen MR) is 132 cm³/mol. The summed E-state index contributed by atoms with van der Waals surface area (Å²) in [5, 5.41) is 1.29. The fourth-order valence-corrected chi connectivity index (χ4v) is 4.39. The number of ether oxygens (including phenoxy) is 1. The quantitative estimate of drug-likeness (QED) is 0.210. The zero-order chi connectivity index (χ0) is 25.7. The molecule has 6 heteroatoms. The molecule has 36 heavy (non-hydrogen) atoms. The van der Waals surface area contributed by atoms with Crippen LogP contribution in [0.5, 0.6) is 5.75 Å². The van der Waals surface area contributed by atoms with Gasteiger partial charge in [0.1, 0.15) is 17.4 Å². The van der Waals surface area contributed by atoms with E-state index in [-0.39, 0.29) is 17.4 Å². The van der Waals surface area contributed by atoms with Crippen molar-refractivity contribution in [1.29, 1.82) is 0 Å². The van der Waals surface area contributed by atoms with Crippen molar-refractivity contribution in [2.45, 2.75) is 51.8 Å². The van der Waals surface area contributed by atoms with Crippen LogP contribution in [0.25, 0.3) is 10.8 Å². The number of aryl methyl sites for hydroxylation is 5. The maximum absolute atomic E-state index is 15.2. The Hall–Kier alpha value is -3.41. The van der Waals surface area contributed by atoms with E-state index in [1.54, 1.807) is 30.3 Å². The molecule has 0 N–H and O–H groups in total. The number of hydrogen-bond acceptors (Lipinski definition) is 1. The fourth-order valence-electron chi connectivity index (χ4n) is 4.39. The van der Waals surface area contributed by atoms with E-state index in [9.17, 15) is 17.6 Å². The highest BCUT2D eigenvalue weighted by Crippen LogP contribution is 2.26. The third kappa shape index (κ3) is 6.62. The second kappa shape index (κ2) is 11.1. The van der Waals surface area contributed by atoms with E-state index < -0.39 is 6.36 Å². The molecule has 0 aromatic heterocycles. The molecule has 4 aromatic carbocycles. The van der Waals surface area contributed by atoms with Crippen LogP contribution in [-0.4, -0.2) is 6.36 Å². The second-order valence-electron chi connectivity index (χ2n) is 8.96. The topological polar surface area (TPSA) is 9.23 Å². The van der Waals surface area contributed by atoms with Gasteiger partial charge in [-0.2, -0.15) is 0 Å². The minimum absolute atomic E-state index is 0.181. The first kappa shape index (κ1) is 25.7. The highest BCUT2D eigenvalue weighted by atomic mass is 19.4. The van der Waals surface area contributed by atoms with Gasteiger partial charge in [-0.3, -0.25) is 0 Å². The van der Waals surface area contributed by atoms with Crippen LogP contribution in [0.4, 0.5) is 22.0 Å². The van der Waals surface area contributed by atoms with E-state index in [4.69, 9.17) is 0 Å². The second-order valence-corrected chi connectivity index (χ2v) is 8.96. The molecule has 0 saturated heterocycles. The summed E-state index contributed by atoms with van der Waals surface area (Å²) in [6.07, 6.45) is -0.785. The summed E-state index contributed by atoms with van der Waals surface area (Å²) in [6, 6.07) is 20.2. The van der Waals surface area contributed by atoms with Gasteiger partial charge in [-0.25, -0.2) is 8.78 Å². The monoisotopic (exact) mass is 498 g/mol. The van der Waals surface area contributed by atoms with Gasteiger partial charge in [-0.05, 0) is 83.5 Å². The first-order valence-electron chi connectivity index (χ1n) is 12.0. The molecule has 188 valence electrons. The van der Waals surface area contributed by atoms with Crippen molar-refractivity contribution in [3.63, 3.8) is 0 Å². The summed E-state index contributed by atoms with van der Waals surface area (Å²) in [4.78, 5) is 0. The average Bonchev–Trinajstić information content (AvgIpc) is 2.83. The molecule has 4 rings (SSSR count). The number of rotatable bonds is 9. The van der Waals surface area contributed by atoms with E-state index in [0.717, 1.165) is 34.9 Å². The van der Waals surface area contributed by atoms with Gasteiger partial charge in [0.2, 0.25) is 0 Å². The van der Waals surface area contributed by atoms with Crippen molar-refractivity contribution in [2.24, 2.45) is 0 Å². The lowest BCUT2D eigenvalue weighted by Crippen LogP contribution is -2.17. The van der Waals surface area contributed by atoms with Crippen LogP contribution in [0.1, 0.15) is 41.2 Å². The molecule has 0 unspecified atom stereocenters. The van der Waals surface area contributed by atoms with Gasteiger partial charge < -0.3 is 4.74 Å². The van der Waals surface area contributed by atoms with Crippen LogP contribution in [0, 0.1) is 11.6 Å². The third-order valence-electron chi connectivity index (χ3n) is 6.28. The summed E-state index contributed by atoms with van der Waals surface area (Å²) in [5.74, 6) is -0.760. The van der Waals surface area contributed by atoms with E-state index >= 15 is 4.39 Å². The summed E-state index contributed by atoms with van der Waals surface area (Å²) in [7, 11) is 0. The number of fused-ring (bicyclic) bond motifs is 1. The largest absolute Gasteiger partial charge is 0.573 e. The zero-order valence-electron chi connectivity index (χ0n) is 20.0. The Morgan fingerprint density at radius 1 is 0.639 bits per heavy atom. The van der Waals surface area contributed by atoms with Gasteiger partial charge in [0, 0.05) is 5.39 Å². The van der Waals surface area contributed by atoms with Crippen molar-refractivity contribution in [3.05, 3.63) is 112 Å². The fraction of sp³-hybridized carbons (Fsp3) is 0.267. The van der Waals surface area contributed by atoms with Crippen LogP contribution in [0.3, 0.4) is 0 Å². The maximum atomic E-state index is 15.2. The first-order valence-corrected chi connectivity index (χ1v) is 12.0. The van der Waals surface area contributed by atoms with Gasteiger partial charge in [0.05, 0.1) is 0 Å². The van der Waals surface area contributed by atoms with Crippen molar-refractivity contribution < 1.29 is 26.7 Å². The van der Waals surface area contributed by atoms with Crippen molar-refractivity contribution in [1.82, 2.24) is 0 Å². The normalized spacial score (nSPS) is 11.7. The zero-order valence-corrected chi connectivity index (χ0v) is 20.0. The molecule has 0 fully saturated rings. The molecule has 0 saturated carbocycles. The highest BCUT2D eigenvalue weighted by molar-refractivity contribution is 5.84. The highest BCUT2D eigenvalue weighted by Gasteiger charge is 2.30. The van der Waals surface area contributed by atoms with Gasteiger partial charge in [-0.15, -0.1) is 13.2 Å². The molecule has 0 heterocycles. The molecule has 0 atom stereocenters. The summed E-state index contributed by atoms with van der Waals surface area (Å²) >= 11 is 0. The Kier molecular flexibility index (Phi) is 7.92. The van der Waals surface area contributed by atoms with Crippen molar-refractivity contribution in [2.75, 3.05) is 0 Å². The molecular weight excluding hydrogens is 471 g/mol. The van der Waals surface area contributed by atoms with Crippen molar-refractivity contribution >= 4 is 10.8 Å². The van der Waals surface area contributed by atoms with E-state index in [2.05, 4.69) is 11.7 Å². The molecule has 4 aromatic rings. The summed E-state index contributed by atoms with van der Waals surface area (Å²) in [6.45, 7) is 2.07. The van der Waals surface area contributed by atoms with Crippen LogP contribution in [0.2, 0.25) is 0 Å². The number of hydrogen-bond donors (Lipinski definition) is 0. The molecule has 0 aliphatic rings.